The molecule has 0 bridgehead atoms. The topological polar surface area (TPSA) is 34.0 Å². The van der Waals surface area contributed by atoms with Gasteiger partial charge in [0.25, 0.3) is 5.56 Å². The number of aryl methyl sites for hydroxylation is 1. The molecule has 2 aromatic rings. The first-order chi connectivity index (χ1) is 8.70. The van der Waals surface area contributed by atoms with E-state index in [0.29, 0.717) is 18.7 Å². The van der Waals surface area contributed by atoms with Crippen molar-refractivity contribution in [2.24, 2.45) is 0 Å². The fourth-order valence-corrected chi connectivity index (χ4v) is 1.72. The molecule has 0 aliphatic carbocycles. The highest BCUT2D eigenvalue weighted by molar-refractivity contribution is 5.41. The molecule has 94 valence electrons. The molecule has 0 aliphatic heterocycles. The van der Waals surface area contributed by atoms with Crippen molar-refractivity contribution < 1.29 is 4.39 Å². The molecule has 0 unspecified atom stereocenters. The lowest BCUT2D eigenvalue weighted by molar-refractivity contribution is 0.613. The van der Waals surface area contributed by atoms with Gasteiger partial charge in [-0.2, -0.15) is 0 Å². The van der Waals surface area contributed by atoms with Crippen LogP contribution in [0.15, 0.2) is 47.4 Å². The summed E-state index contributed by atoms with van der Waals surface area (Å²) in [5, 5.41) is 3.10. The Labute approximate surface area is 105 Å². The van der Waals surface area contributed by atoms with Gasteiger partial charge in [-0.1, -0.05) is 18.2 Å². The first kappa shape index (κ1) is 12.4. The van der Waals surface area contributed by atoms with Crippen molar-refractivity contribution in [3.05, 3.63) is 64.3 Å². The van der Waals surface area contributed by atoms with Crippen molar-refractivity contribution in [3.8, 4) is 0 Å². The third-order valence-electron chi connectivity index (χ3n) is 2.76. The first-order valence-corrected chi connectivity index (χ1v) is 5.88. The van der Waals surface area contributed by atoms with Crippen LogP contribution in [0.2, 0.25) is 0 Å². The predicted molar refractivity (Wildman–Crippen MR) is 70.1 cm³/mol. The quantitative estimate of drug-likeness (QED) is 0.899. The minimum atomic E-state index is -0.228. The first-order valence-electron chi connectivity index (χ1n) is 5.88. The van der Waals surface area contributed by atoms with Crippen LogP contribution in [0, 0.1) is 5.82 Å². The lowest BCUT2D eigenvalue weighted by atomic mass is 10.2. The highest BCUT2D eigenvalue weighted by atomic mass is 19.1. The second kappa shape index (κ2) is 5.49. The summed E-state index contributed by atoms with van der Waals surface area (Å²) in [4.78, 5) is 11.4. The van der Waals surface area contributed by atoms with Gasteiger partial charge in [0.15, 0.2) is 0 Å². The number of hydrogen-bond donors (Lipinski definition) is 1. The average molecular weight is 246 g/mol. The maximum Gasteiger partial charge on any atom is 0.250 e. The number of rotatable bonds is 4. The molecule has 1 N–H and O–H groups in total. The number of benzene rings is 1. The maximum atomic E-state index is 13.4. The molecule has 1 heterocycles. The molecule has 0 saturated carbocycles. The van der Waals surface area contributed by atoms with E-state index in [1.165, 1.54) is 12.1 Å². The summed E-state index contributed by atoms with van der Waals surface area (Å²) in [6.07, 6.45) is 1.74. The lowest BCUT2D eigenvalue weighted by Crippen LogP contribution is -2.17. The van der Waals surface area contributed by atoms with Crippen LogP contribution >= 0.6 is 0 Å². The predicted octanol–water partition coefficient (Wildman–Crippen LogP) is 2.62. The summed E-state index contributed by atoms with van der Waals surface area (Å²) in [5.41, 5.74) is 1.38. The largest absolute Gasteiger partial charge is 0.380 e. The van der Waals surface area contributed by atoms with Crippen molar-refractivity contribution in [1.82, 2.24) is 4.57 Å². The van der Waals surface area contributed by atoms with E-state index >= 15 is 0 Å². The van der Waals surface area contributed by atoms with E-state index < -0.39 is 0 Å². The van der Waals surface area contributed by atoms with Crippen molar-refractivity contribution in [2.75, 3.05) is 5.32 Å². The molecule has 2 rings (SSSR count). The lowest BCUT2D eigenvalue weighted by Gasteiger charge is -2.09. The Morgan fingerprint density at radius 1 is 1.22 bits per heavy atom. The van der Waals surface area contributed by atoms with E-state index in [-0.39, 0.29) is 11.4 Å². The molecular formula is C14H15FN2O. The number of nitrogens with zero attached hydrogens (tertiary/aromatic N) is 1. The van der Waals surface area contributed by atoms with Crippen LogP contribution < -0.4 is 10.9 Å². The highest BCUT2D eigenvalue weighted by Crippen LogP contribution is 2.10. The molecule has 1 aromatic carbocycles. The van der Waals surface area contributed by atoms with Gasteiger partial charge in [0.05, 0.1) is 5.69 Å². The fraction of sp³-hybridized carbons (Fsp3) is 0.214. The number of hydrogen-bond acceptors (Lipinski definition) is 2. The molecule has 0 aliphatic rings. The molecule has 0 atom stereocenters. The van der Waals surface area contributed by atoms with Gasteiger partial charge in [-0.25, -0.2) is 4.39 Å². The van der Waals surface area contributed by atoms with Crippen LogP contribution in [0.4, 0.5) is 10.1 Å². The van der Waals surface area contributed by atoms with E-state index in [4.69, 9.17) is 0 Å². The van der Waals surface area contributed by atoms with E-state index in [0.717, 1.165) is 5.69 Å². The molecule has 0 spiro atoms. The van der Waals surface area contributed by atoms with E-state index in [9.17, 15) is 9.18 Å². The zero-order valence-electron chi connectivity index (χ0n) is 10.2. The van der Waals surface area contributed by atoms with Crippen molar-refractivity contribution in [1.29, 1.82) is 0 Å². The third kappa shape index (κ3) is 2.77. The van der Waals surface area contributed by atoms with E-state index in [1.807, 2.05) is 6.92 Å². The fourth-order valence-electron chi connectivity index (χ4n) is 1.72. The zero-order valence-corrected chi connectivity index (χ0v) is 10.2. The average Bonchev–Trinajstić information content (AvgIpc) is 2.39. The molecule has 0 amide bonds. The molecule has 3 nitrogen and oxygen atoms in total. The minimum absolute atomic E-state index is 0.0334. The molecule has 18 heavy (non-hydrogen) atoms. The molecule has 4 heteroatoms. The third-order valence-corrected chi connectivity index (χ3v) is 2.76. The van der Waals surface area contributed by atoms with Crippen LogP contribution in [-0.2, 0) is 13.1 Å². The van der Waals surface area contributed by atoms with Gasteiger partial charge in [0.2, 0.25) is 0 Å². The van der Waals surface area contributed by atoms with Crippen molar-refractivity contribution >= 4 is 5.69 Å². The van der Waals surface area contributed by atoms with Gasteiger partial charge in [-0.3, -0.25) is 4.79 Å². The van der Waals surface area contributed by atoms with Crippen LogP contribution in [0.5, 0.6) is 0 Å². The van der Waals surface area contributed by atoms with E-state index in [2.05, 4.69) is 5.32 Å². The number of pyridine rings is 1. The molecular weight excluding hydrogens is 231 g/mol. The van der Waals surface area contributed by atoms with Crippen LogP contribution in [0.1, 0.15) is 12.5 Å². The molecule has 0 radical (unpaired) electrons. The summed E-state index contributed by atoms with van der Waals surface area (Å²) in [6, 6.07) is 9.84. The normalized spacial score (nSPS) is 10.3. The minimum Gasteiger partial charge on any atom is -0.380 e. The summed E-state index contributed by atoms with van der Waals surface area (Å²) in [6.45, 7) is 2.92. The summed E-state index contributed by atoms with van der Waals surface area (Å²) in [5.74, 6) is -0.228. The van der Waals surface area contributed by atoms with Crippen LogP contribution in [0.25, 0.3) is 0 Å². The van der Waals surface area contributed by atoms with Gasteiger partial charge in [-0.05, 0) is 19.1 Å². The smallest absolute Gasteiger partial charge is 0.250 e. The Hall–Kier alpha value is -2.10. The summed E-state index contributed by atoms with van der Waals surface area (Å²) < 4.78 is 15.0. The number of anilines is 1. The number of nitrogens with one attached hydrogen (secondary N) is 1. The van der Waals surface area contributed by atoms with Gasteiger partial charge in [0, 0.05) is 30.9 Å². The second-order valence-corrected chi connectivity index (χ2v) is 3.99. The number of aromatic nitrogens is 1. The van der Waals surface area contributed by atoms with Gasteiger partial charge < -0.3 is 9.88 Å². The second-order valence-electron chi connectivity index (χ2n) is 3.99. The van der Waals surface area contributed by atoms with E-state index in [1.54, 1.807) is 35.0 Å². The standard InChI is InChI=1S/C14H15FN2O/c1-2-17-10-12(7-8-14(17)18)16-9-11-5-3-4-6-13(11)15/h3-8,10,16H,2,9H2,1H3. The SMILES string of the molecule is CCn1cc(NCc2ccccc2F)ccc1=O. The Morgan fingerprint density at radius 2 is 2.00 bits per heavy atom. The van der Waals surface area contributed by atoms with Gasteiger partial charge in [0.1, 0.15) is 5.82 Å². The zero-order chi connectivity index (χ0) is 13.0. The van der Waals surface area contributed by atoms with Crippen molar-refractivity contribution in [3.63, 3.8) is 0 Å². The Bertz CT molecular complexity index is 592. The van der Waals surface area contributed by atoms with Gasteiger partial charge >= 0.3 is 0 Å². The Balaban J connectivity index is 2.11. The van der Waals surface area contributed by atoms with Crippen LogP contribution in [-0.4, -0.2) is 4.57 Å². The maximum absolute atomic E-state index is 13.4. The van der Waals surface area contributed by atoms with Crippen molar-refractivity contribution in [2.45, 2.75) is 20.0 Å². The Morgan fingerprint density at radius 3 is 2.72 bits per heavy atom. The summed E-state index contributed by atoms with van der Waals surface area (Å²) >= 11 is 0. The summed E-state index contributed by atoms with van der Waals surface area (Å²) in [7, 11) is 0. The molecule has 0 fully saturated rings. The van der Waals surface area contributed by atoms with Gasteiger partial charge in [-0.15, -0.1) is 0 Å². The number of halogens is 1. The molecule has 1 aromatic heterocycles. The molecule has 0 saturated heterocycles. The highest BCUT2D eigenvalue weighted by Gasteiger charge is 2.01. The monoisotopic (exact) mass is 246 g/mol. The Kier molecular flexibility index (Phi) is 3.77. The van der Waals surface area contributed by atoms with Crippen LogP contribution in [0.3, 0.4) is 0 Å².